The molecule has 2 atom stereocenters. The molecule has 1 saturated heterocycles. The molecule has 2 fully saturated rings. The minimum Gasteiger partial charge on any atom is -0.311 e. The topological polar surface area (TPSA) is 15.3 Å². The fourth-order valence-corrected chi connectivity index (χ4v) is 4.49. The second kappa shape index (κ2) is 9.15. The van der Waals surface area contributed by atoms with E-state index in [1.54, 1.807) is 0 Å². The van der Waals surface area contributed by atoms with Crippen molar-refractivity contribution < 1.29 is 0 Å². The fraction of sp³-hybridized carbons (Fsp3) is 1.00. The van der Waals surface area contributed by atoms with Crippen molar-refractivity contribution in [3.63, 3.8) is 0 Å². The van der Waals surface area contributed by atoms with E-state index in [9.17, 15) is 0 Å². The van der Waals surface area contributed by atoms with Gasteiger partial charge in [0, 0.05) is 12.1 Å². The highest BCUT2D eigenvalue weighted by Crippen LogP contribution is 2.27. The maximum absolute atomic E-state index is 3.98. The molecule has 2 rings (SSSR count). The van der Waals surface area contributed by atoms with Gasteiger partial charge in [-0.25, -0.2) is 0 Å². The van der Waals surface area contributed by atoms with Crippen LogP contribution in [0.2, 0.25) is 0 Å². The molecule has 2 aliphatic rings. The average Bonchev–Trinajstić information content (AvgIpc) is 2.77. The second-order valence-corrected chi connectivity index (χ2v) is 7.67. The van der Waals surface area contributed by atoms with Crippen molar-refractivity contribution in [3.8, 4) is 0 Å². The highest BCUT2D eigenvalue weighted by molar-refractivity contribution is 4.83. The van der Waals surface area contributed by atoms with E-state index in [0.717, 1.165) is 11.8 Å². The summed E-state index contributed by atoms with van der Waals surface area (Å²) in [4.78, 5) is 2.65. The number of nitrogens with one attached hydrogen (secondary N) is 1. The Balaban J connectivity index is 1.72. The van der Waals surface area contributed by atoms with E-state index in [4.69, 9.17) is 0 Å². The Morgan fingerprint density at radius 1 is 0.857 bits per heavy atom. The van der Waals surface area contributed by atoms with Crippen molar-refractivity contribution >= 4 is 0 Å². The smallest absolute Gasteiger partial charge is 0.00705 e. The monoisotopic (exact) mass is 294 g/mol. The summed E-state index contributed by atoms with van der Waals surface area (Å²) < 4.78 is 0. The van der Waals surface area contributed by atoms with E-state index in [1.165, 1.54) is 77.4 Å². The average molecular weight is 295 g/mol. The van der Waals surface area contributed by atoms with Gasteiger partial charge >= 0.3 is 0 Å². The van der Waals surface area contributed by atoms with Crippen LogP contribution in [-0.2, 0) is 0 Å². The summed E-state index contributed by atoms with van der Waals surface area (Å²) in [7, 11) is 0. The predicted octanol–water partition coefficient (Wildman–Crippen LogP) is 4.45. The fourth-order valence-electron chi connectivity index (χ4n) is 4.49. The van der Waals surface area contributed by atoms with Crippen LogP contribution in [-0.4, -0.2) is 36.6 Å². The summed E-state index contributed by atoms with van der Waals surface area (Å²) in [5.74, 6) is 1.82. The van der Waals surface area contributed by atoms with Crippen molar-refractivity contribution in [1.82, 2.24) is 10.2 Å². The van der Waals surface area contributed by atoms with Gasteiger partial charge in [-0.1, -0.05) is 32.6 Å². The molecule has 2 nitrogen and oxygen atoms in total. The first-order valence-electron chi connectivity index (χ1n) is 9.69. The zero-order valence-corrected chi connectivity index (χ0v) is 14.7. The Bertz CT molecular complexity index is 263. The van der Waals surface area contributed by atoms with Gasteiger partial charge in [0.2, 0.25) is 0 Å². The van der Waals surface area contributed by atoms with Crippen LogP contribution in [0.5, 0.6) is 0 Å². The van der Waals surface area contributed by atoms with Crippen LogP contribution in [0, 0.1) is 11.8 Å². The molecule has 0 bridgehead atoms. The molecule has 1 heterocycles. The van der Waals surface area contributed by atoms with E-state index in [0.29, 0.717) is 12.1 Å². The van der Waals surface area contributed by atoms with Gasteiger partial charge in [0.15, 0.2) is 0 Å². The van der Waals surface area contributed by atoms with Crippen molar-refractivity contribution in [2.24, 2.45) is 11.8 Å². The Morgan fingerprint density at radius 2 is 1.38 bits per heavy atom. The number of nitrogens with zero attached hydrogens (tertiary/aromatic N) is 1. The second-order valence-electron chi connectivity index (χ2n) is 7.67. The van der Waals surface area contributed by atoms with Crippen molar-refractivity contribution in [3.05, 3.63) is 0 Å². The quantitative estimate of drug-likeness (QED) is 0.728. The lowest BCUT2D eigenvalue weighted by Crippen LogP contribution is -2.46. The molecule has 1 aliphatic heterocycles. The predicted molar refractivity (Wildman–Crippen MR) is 92.7 cm³/mol. The maximum atomic E-state index is 3.98. The van der Waals surface area contributed by atoms with Crippen LogP contribution in [0.1, 0.15) is 78.6 Å². The first kappa shape index (κ1) is 17.3. The molecule has 1 saturated carbocycles. The van der Waals surface area contributed by atoms with Gasteiger partial charge < -0.3 is 10.2 Å². The van der Waals surface area contributed by atoms with E-state index < -0.39 is 0 Å². The lowest BCUT2D eigenvalue weighted by atomic mass is 9.87. The number of likely N-dealkylation sites (tertiary alicyclic amines) is 1. The Labute approximate surface area is 133 Å². The standard InChI is InChI=1S/C19H38N2/c1-4-13-21-14-11-19(12-15-21)17(3)20-16(2)18-9-7-5-6-8-10-18/h16-20H,4-15H2,1-3H3/t16-,17?/m1/s1. The summed E-state index contributed by atoms with van der Waals surface area (Å²) in [6, 6.07) is 1.42. The largest absolute Gasteiger partial charge is 0.311 e. The Kier molecular flexibility index (Phi) is 7.53. The molecule has 21 heavy (non-hydrogen) atoms. The van der Waals surface area contributed by atoms with Crippen LogP contribution in [0.15, 0.2) is 0 Å². The van der Waals surface area contributed by atoms with E-state index >= 15 is 0 Å². The van der Waals surface area contributed by atoms with Crippen molar-refractivity contribution in [1.29, 1.82) is 0 Å². The van der Waals surface area contributed by atoms with E-state index in [1.807, 2.05) is 0 Å². The highest BCUT2D eigenvalue weighted by Gasteiger charge is 2.26. The maximum Gasteiger partial charge on any atom is 0.00705 e. The molecule has 124 valence electrons. The third kappa shape index (κ3) is 5.56. The van der Waals surface area contributed by atoms with Gasteiger partial charge in [-0.15, -0.1) is 0 Å². The minimum absolute atomic E-state index is 0.701. The highest BCUT2D eigenvalue weighted by atomic mass is 15.1. The zero-order valence-electron chi connectivity index (χ0n) is 14.7. The van der Waals surface area contributed by atoms with Crippen LogP contribution in [0.3, 0.4) is 0 Å². The van der Waals surface area contributed by atoms with Gasteiger partial charge in [-0.05, 0) is 77.4 Å². The minimum atomic E-state index is 0.701. The molecule has 2 heteroatoms. The molecule has 0 spiro atoms. The lowest BCUT2D eigenvalue weighted by molar-refractivity contribution is 0.153. The first-order chi connectivity index (χ1) is 10.2. The summed E-state index contributed by atoms with van der Waals surface area (Å²) in [5, 5.41) is 3.98. The molecule has 0 radical (unpaired) electrons. The molecule has 0 aromatic heterocycles. The lowest BCUT2D eigenvalue weighted by Gasteiger charge is -2.37. The molecule has 1 aliphatic carbocycles. The molecule has 0 aromatic rings. The normalized spacial score (nSPS) is 26.4. The number of piperidine rings is 1. The molecule has 1 N–H and O–H groups in total. The number of rotatable bonds is 6. The third-order valence-electron chi connectivity index (χ3n) is 6.01. The summed E-state index contributed by atoms with van der Waals surface area (Å²) in [6.07, 6.45) is 12.9. The molecule has 0 aromatic carbocycles. The van der Waals surface area contributed by atoms with Crippen LogP contribution >= 0.6 is 0 Å². The van der Waals surface area contributed by atoms with Gasteiger partial charge in [-0.2, -0.15) is 0 Å². The molecule has 1 unspecified atom stereocenters. The third-order valence-corrected chi connectivity index (χ3v) is 6.01. The summed E-state index contributed by atoms with van der Waals surface area (Å²) in [6.45, 7) is 11.1. The zero-order chi connectivity index (χ0) is 15.1. The first-order valence-corrected chi connectivity index (χ1v) is 9.69. The Hall–Kier alpha value is -0.0800. The van der Waals surface area contributed by atoms with Gasteiger partial charge in [-0.3, -0.25) is 0 Å². The van der Waals surface area contributed by atoms with E-state index in [-0.39, 0.29) is 0 Å². The Morgan fingerprint density at radius 3 is 1.90 bits per heavy atom. The van der Waals surface area contributed by atoms with Gasteiger partial charge in [0.05, 0.1) is 0 Å². The number of hydrogen-bond donors (Lipinski definition) is 1. The van der Waals surface area contributed by atoms with Crippen LogP contribution in [0.4, 0.5) is 0 Å². The summed E-state index contributed by atoms with van der Waals surface area (Å²) >= 11 is 0. The van der Waals surface area contributed by atoms with Crippen molar-refractivity contribution in [2.75, 3.05) is 19.6 Å². The van der Waals surface area contributed by atoms with Gasteiger partial charge in [0.25, 0.3) is 0 Å². The SMILES string of the molecule is CCCN1CCC(C(C)N[C@H](C)C2CCCCCC2)CC1. The van der Waals surface area contributed by atoms with Crippen molar-refractivity contribution in [2.45, 2.75) is 90.6 Å². The summed E-state index contributed by atoms with van der Waals surface area (Å²) in [5.41, 5.74) is 0. The molecular formula is C19H38N2. The number of hydrogen-bond acceptors (Lipinski definition) is 2. The van der Waals surface area contributed by atoms with E-state index in [2.05, 4.69) is 31.0 Å². The molecular weight excluding hydrogens is 256 g/mol. The molecule has 0 amide bonds. The van der Waals surface area contributed by atoms with Crippen LogP contribution in [0.25, 0.3) is 0 Å². The van der Waals surface area contributed by atoms with Gasteiger partial charge in [0.1, 0.15) is 0 Å². The van der Waals surface area contributed by atoms with Crippen LogP contribution < -0.4 is 5.32 Å².